The number of anilines is 1. The standard InChI is InChI=1S/C16H13N3O2S2/c1-22-16-19-18-15(23-16)17-14(20)13(10-12-8-5-9-21-12)11-6-3-2-4-7-11/h2-10H,1H3,(H,17,18,20)/b13-10+. The highest BCUT2D eigenvalue weighted by Crippen LogP contribution is 2.25. The SMILES string of the molecule is CSc1nnc(NC(=O)/C(=C/c2ccco2)c2ccccc2)s1. The van der Waals surface area contributed by atoms with E-state index in [1.54, 1.807) is 24.5 Å². The highest BCUT2D eigenvalue weighted by Gasteiger charge is 2.15. The summed E-state index contributed by atoms with van der Waals surface area (Å²) in [5, 5.41) is 11.2. The van der Waals surface area contributed by atoms with Crippen molar-refractivity contribution in [3.05, 3.63) is 60.1 Å². The van der Waals surface area contributed by atoms with Crippen LogP contribution in [0, 0.1) is 0 Å². The maximum Gasteiger partial charge on any atom is 0.258 e. The van der Waals surface area contributed by atoms with Crippen LogP contribution in [0.15, 0.2) is 57.5 Å². The molecule has 1 aromatic carbocycles. The van der Waals surface area contributed by atoms with Gasteiger partial charge in [-0.1, -0.05) is 53.4 Å². The Balaban J connectivity index is 1.90. The summed E-state index contributed by atoms with van der Waals surface area (Å²) in [4.78, 5) is 12.6. The number of benzene rings is 1. The molecule has 5 nitrogen and oxygen atoms in total. The maximum absolute atomic E-state index is 12.6. The Bertz CT molecular complexity index is 811. The van der Waals surface area contributed by atoms with E-state index in [4.69, 9.17) is 4.42 Å². The summed E-state index contributed by atoms with van der Waals surface area (Å²) >= 11 is 2.83. The Morgan fingerprint density at radius 1 is 1.22 bits per heavy atom. The Kier molecular flexibility index (Phi) is 4.89. The number of aromatic nitrogens is 2. The van der Waals surface area contributed by atoms with Gasteiger partial charge in [-0.05, 0) is 30.0 Å². The van der Waals surface area contributed by atoms with Gasteiger partial charge in [0, 0.05) is 0 Å². The summed E-state index contributed by atoms with van der Waals surface area (Å²) in [6, 6.07) is 13.0. The first-order chi connectivity index (χ1) is 11.3. The van der Waals surface area contributed by atoms with Crippen LogP contribution in [0.2, 0.25) is 0 Å². The lowest BCUT2D eigenvalue weighted by atomic mass is 10.0. The van der Waals surface area contributed by atoms with E-state index in [9.17, 15) is 4.79 Å². The molecule has 0 aliphatic rings. The predicted molar refractivity (Wildman–Crippen MR) is 93.3 cm³/mol. The highest BCUT2D eigenvalue weighted by molar-refractivity contribution is 8.00. The van der Waals surface area contributed by atoms with Gasteiger partial charge in [0.25, 0.3) is 5.91 Å². The van der Waals surface area contributed by atoms with Crippen LogP contribution in [0.3, 0.4) is 0 Å². The van der Waals surface area contributed by atoms with Gasteiger partial charge < -0.3 is 4.42 Å². The molecule has 0 spiro atoms. The van der Waals surface area contributed by atoms with Crippen molar-refractivity contribution in [2.45, 2.75) is 4.34 Å². The smallest absolute Gasteiger partial charge is 0.258 e. The van der Waals surface area contributed by atoms with E-state index in [1.165, 1.54) is 23.1 Å². The van der Waals surface area contributed by atoms with Crippen LogP contribution in [0.4, 0.5) is 5.13 Å². The molecule has 0 aliphatic heterocycles. The largest absolute Gasteiger partial charge is 0.465 e. The first-order valence-electron chi connectivity index (χ1n) is 6.76. The minimum Gasteiger partial charge on any atom is -0.465 e. The average Bonchev–Trinajstić information content (AvgIpc) is 3.24. The molecule has 0 saturated carbocycles. The molecule has 0 fully saturated rings. The lowest BCUT2D eigenvalue weighted by Gasteiger charge is -2.06. The fourth-order valence-corrected chi connectivity index (χ4v) is 3.09. The van der Waals surface area contributed by atoms with Crippen molar-refractivity contribution < 1.29 is 9.21 Å². The Hall–Kier alpha value is -2.38. The van der Waals surface area contributed by atoms with Gasteiger partial charge >= 0.3 is 0 Å². The molecule has 23 heavy (non-hydrogen) atoms. The zero-order valence-corrected chi connectivity index (χ0v) is 13.9. The molecule has 0 radical (unpaired) electrons. The Labute approximate surface area is 141 Å². The van der Waals surface area contributed by atoms with Crippen LogP contribution in [-0.2, 0) is 4.79 Å². The van der Waals surface area contributed by atoms with Crippen LogP contribution in [0.25, 0.3) is 11.6 Å². The maximum atomic E-state index is 12.6. The Morgan fingerprint density at radius 2 is 2.04 bits per heavy atom. The van der Waals surface area contributed by atoms with Gasteiger partial charge in [0.05, 0.1) is 11.8 Å². The van der Waals surface area contributed by atoms with E-state index in [0.717, 1.165) is 9.90 Å². The third-order valence-electron chi connectivity index (χ3n) is 2.96. The predicted octanol–water partition coefficient (Wildman–Crippen LogP) is 4.03. The molecule has 0 saturated heterocycles. The lowest BCUT2D eigenvalue weighted by Crippen LogP contribution is -2.13. The monoisotopic (exact) mass is 343 g/mol. The minimum absolute atomic E-state index is 0.253. The first kappa shape index (κ1) is 15.5. The molecule has 7 heteroatoms. The van der Waals surface area contributed by atoms with Crippen molar-refractivity contribution in [1.82, 2.24) is 10.2 Å². The molecule has 2 aromatic heterocycles. The number of furan rings is 1. The van der Waals surface area contributed by atoms with Crippen molar-refractivity contribution in [2.24, 2.45) is 0 Å². The summed E-state index contributed by atoms with van der Waals surface area (Å²) in [5.74, 6) is 0.359. The van der Waals surface area contributed by atoms with Crippen LogP contribution in [0.5, 0.6) is 0 Å². The molecule has 3 rings (SSSR count). The molecule has 0 aliphatic carbocycles. The molecule has 3 aromatic rings. The molecule has 0 atom stereocenters. The van der Waals surface area contributed by atoms with Gasteiger partial charge in [-0.15, -0.1) is 10.2 Å². The quantitative estimate of drug-likeness (QED) is 0.430. The zero-order valence-electron chi connectivity index (χ0n) is 12.2. The summed E-state index contributed by atoms with van der Waals surface area (Å²) in [6.07, 6.45) is 5.20. The molecule has 116 valence electrons. The summed E-state index contributed by atoms with van der Waals surface area (Å²) in [6.45, 7) is 0. The van der Waals surface area contributed by atoms with Crippen LogP contribution in [0.1, 0.15) is 11.3 Å². The second-order valence-corrected chi connectivity index (χ2v) is 6.50. The third kappa shape index (κ3) is 3.88. The Morgan fingerprint density at radius 3 is 2.70 bits per heavy atom. The second kappa shape index (κ2) is 7.26. The molecule has 1 N–H and O–H groups in total. The van der Waals surface area contributed by atoms with Crippen LogP contribution in [-0.4, -0.2) is 22.4 Å². The molecule has 1 amide bonds. The minimum atomic E-state index is -0.253. The molecule has 0 bridgehead atoms. The van der Waals surface area contributed by atoms with E-state index in [0.29, 0.717) is 16.5 Å². The number of carbonyl (C=O) groups is 1. The topological polar surface area (TPSA) is 68.0 Å². The number of amides is 1. The van der Waals surface area contributed by atoms with Gasteiger partial charge in [0.2, 0.25) is 5.13 Å². The van der Waals surface area contributed by atoms with Crippen molar-refractivity contribution in [1.29, 1.82) is 0 Å². The number of rotatable bonds is 5. The number of carbonyl (C=O) groups excluding carboxylic acids is 1. The molecular weight excluding hydrogens is 330 g/mol. The lowest BCUT2D eigenvalue weighted by molar-refractivity contribution is -0.111. The van der Waals surface area contributed by atoms with E-state index < -0.39 is 0 Å². The van der Waals surface area contributed by atoms with Gasteiger partial charge in [0.15, 0.2) is 4.34 Å². The normalized spacial score (nSPS) is 11.4. The summed E-state index contributed by atoms with van der Waals surface area (Å²) in [5.41, 5.74) is 1.30. The van der Waals surface area contributed by atoms with E-state index in [1.807, 2.05) is 36.6 Å². The van der Waals surface area contributed by atoms with Crippen molar-refractivity contribution >= 4 is 45.8 Å². The van der Waals surface area contributed by atoms with Crippen LogP contribution >= 0.6 is 23.1 Å². The number of nitrogens with zero attached hydrogens (tertiary/aromatic N) is 2. The number of hydrogen-bond donors (Lipinski definition) is 1. The van der Waals surface area contributed by atoms with Gasteiger partial charge in [-0.3, -0.25) is 10.1 Å². The van der Waals surface area contributed by atoms with Gasteiger partial charge in [-0.25, -0.2) is 0 Å². The number of hydrogen-bond acceptors (Lipinski definition) is 6. The molecule has 0 unspecified atom stereocenters. The van der Waals surface area contributed by atoms with Crippen molar-refractivity contribution in [2.75, 3.05) is 11.6 Å². The van der Waals surface area contributed by atoms with Crippen molar-refractivity contribution in [3.63, 3.8) is 0 Å². The zero-order chi connectivity index (χ0) is 16.1. The van der Waals surface area contributed by atoms with Gasteiger partial charge in [0.1, 0.15) is 5.76 Å². The molecule has 2 heterocycles. The number of thioether (sulfide) groups is 1. The fraction of sp³-hybridized carbons (Fsp3) is 0.0625. The van der Waals surface area contributed by atoms with Crippen LogP contribution < -0.4 is 5.32 Å². The third-order valence-corrected chi connectivity index (χ3v) is 4.77. The molecular formula is C16H13N3O2S2. The highest BCUT2D eigenvalue weighted by atomic mass is 32.2. The second-order valence-electron chi connectivity index (χ2n) is 4.47. The number of nitrogens with one attached hydrogen (secondary N) is 1. The van der Waals surface area contributed by atoms with E-state index >= 15 is 0 Å². The van der Waals surface area contributed by atoms with E-state index in [2.05, 4.69) is 15.5 Å². The average molecular weight is 343 g/mol. The first-order valence-corrected chi connectivity index (χ1v) is 8.80. The van der Waals surface area contributed by atoms with Gasteiger partial charge in [-0.2, -0.15) is 0 Å². The summed E-state index contributed by atoms with van der Waals surface area (Å²) < 4.78 is 6.12. The summed E-state index contributed by atoms with van der Waals surface area (Å²) in [7, 11) is 0. The fourth-order valence-electron chi connectivity index (χ4n) is 1.92. The van der Waals surface area contributed by atoms with Crippen molar-refractivity contribution in [3.8, 4) is 0 Å². The van der Waals surface area contributed by atoms with E-state index in [-0.39, 0.29) is 5.91 Å².